The molecule has 0 saturated carbocycles. The summed E-state index contributed by atoms with van der Waals surface area (Å²) in [5.41, 5.74) is 0.912. The molecule has 0 radical (unpaired) electrons. The van der Waals surface area contributed by atoms with Crippen LogP contribution in [0.15, 0.2) is 24.3 Å². The second-order valence-corrected chi connectivity index (χ2v) is 4.91. The Bertz CT molecular complexity index is 384. The van der Waals surface area contributed by atoms with Gasteiger partial charge in [-0.25, -0.2) is 0 Å². The van der Waals surface area contributed by atoms with Crippen LogP contribution in [0.25, 0.3) is 0 Å². The highest BCUT2D eigenvalue weighted by Crippen LogP contribution is 2.19. The van der Waals surface area contributed by atoms with E-state index in [1.807, 2.05) is 24.3 Å². The van der Waals surface area contributed by atoms with Crippen molar-refractivity contribution in [3.63, 3.8) is 0 Å². The quantitative estimate of drug-likeness (QED) is 0.821. The van der Waals surface area contributed by atoms with Gasteiger partial charge >= 0.3 is 0 Å². The molecule has 3 heteroatoms. The van der Waals surface area contributed by atoms with E-state index in [9.17, 15) is 4.79 Å². The van der Waals surface area contributed by atoms with Gasteiger partial charge in [0, 0.05) is 24.5 Å². The van der Waals surface area contributed by atoms with Crippen LogP contribution in [0, 0.1) is 0 Å². The Hall–Kier alpha value is -0.860. The number of benzene rings is 1. The van der Waals surface area contributed by atoms with Crippen LogP contribution in [0.1, 0.15) is 31.2 Å². The molecule has 0 aliphatic carbocycles. The Kier molecular flexibility index (Phi) is 4.57. The summed E-state index contributed by atoms with van der Waals surface area (Å²) in [5.74, 6) is 0.213. The molecule has 1 aromatic rings. The fraction of sp³-hybridized carbons (Fsp3) is 0.500. The summed E-state index contributed by atoms with van der Waals surface area (Å²) in [4.78, 5) is 11.9. The molecule has 1 atom stereocenters. The standard InChI is InChI=1S/C14H17ClO2/c15-14-7-2-1-5-11(14)9-12(16)10-13-6-3-4-8-17-13/h1-2,5,7,13H,3-4,6,8-10H2. The maximum Gasteiger partial charge on any atom is 0.139 e. The minimum atomic E-state index is 0.124. The molecule has 1 aliphatic rings. The smallest absolute Gasteiger partial charge is 0.139 e. The van der Waals surface area contributed by atoms with Crippen LogP contribution >= 0.6 is 11.6 Å². The Balaban J connectivity index is 1.86. The first-order chi connectivity index (χ1) is 8.25. The number of ketones is 1. The Morgan fingerprint density at radius 2 is 2.18 bits per heavy atom. The summed E-state index contributed by atoms with van der Waals surface area (Å²) >= 11 is 6.03. The zero-order chi connectivity index (χ0) is 12.1. The Morgan fingerprint density at radius 3 is 2.88 bits per heavy atom. The first-order valence-electron chi connectivity index (χ1n) is 6.12. The van der Waals surface area contributed by atoms with E-state index in [0.717, 1.165) is 25.0 Å². The maximum atomic E-state index is 11.9. The molecule has 1 heterocycles. The summed E-state index contributed by atoms with van der Waals surface area (Å²) in [7, 11) is 0. The lowest BCUT2D eigenvalue weighted by atomic mass is 10.00. The minimum absolute atomic E-state index is 0.124. The number of halogens is 1. The molecule has 2 rings (SSSR count). The molecule has 1 saturated heterocycles. The zero-order valence-electron chi connectivity index (χ0n) is 9.82. The molecule has 1 aliphatic heterocycles. The molecule has 0 spiro atoms. The van der Waals surface area contributed by atoms with Gasteiger partial charge in [-0.05, 0) is 30.9 Å². The maximum absolute atomic E-state index is 11.9. The van der Waals surface area contributed by atoms with Crippen LogP contribution in [-0.2, 0) is 16.0 Å². The SMILES string of the molecule is O=C(Cc1ccccc1Cl)CC1CCCCO1. The van der Waals surface area contributed by atoms with Crippen LogP contribution in [0.5, 0.6) is 0 Å². The van der Waals surface area contributed by atoms with Crippen LogP contribution in [-0.4, -0.2) is 18.5 Å². The molecule has 2 nitrogen and oxygen atoms in total. The van der Waals surface area contributed by atoms with Crippen molar-refractivity contribution >= 4 is 17.4 Å². The van der Waals surface area contributed by atoms with E-state index in [4.69, 9.17) is 16.3 Å². The van der Waals surface area contributed by atoms with Crippen LogP contribution < -0.4 is 0 Å². The number of Topliss-reactive ketones (excluding diaryl/α,β-unsaturated/α-hetero) is 1. The van der Waals surface area contributed by atoms with Crippen molar-refractivity contribution in [1.29, 1.82) is 0 Å². The highest BCUT2D eigenvalue weighted by molar-refractivity contribution is 6.31. The normalized spacial score (nSPS) is 20.2. The first-order valence-corrected chi connectivity index (χ1v) is 6.50. The van der Waals surface area contributed by atoms with E-state index in [1.165, 1.54) is 6.42 Å². The summed E-state index contributed by atoms with van der Waals surface area (Å²) in [5, 5.41) is 0.672. The molecule has 0 amide bonds. The minimum Gasteiger partial charge on any atom is -0.378 e. The van der Waals surface area contributed by atoms with Crippen molar-refractivity contribution in [3.8, 4) is 0 Å². The van der Waals surface area contributed by atoms with E-state index >= 15 is 0 Å². The predicted molar refractivity (Wildman–Crippen MR) is 68.4 cm³/mol. The van der Waals surface area contributed by atoms with Gasteiger partial charge < -0.3 is 4.74 Å². The fourth-order valence-corrected chi connectivity index (χ4v) is 2.35. The number of rotatable bonds is 4. The lowest BCUT2D eigenvalue weighted by molar-refractivity contribution is -0.122. The van der Waals surface area contributed by atoms with Gasteiger partial charge in [0.25, 0.3) is 0 Å². The zero-order valence-corrected chi connectivity index (χ0v) is 10.6. The van der Waals surface area contributed by atoms with E-state index in [-0.39, 0.29) is 11.9 Å². The number of hydrogen-bond donors (Lipinski definition) is 0. The first kappa shape index (κ1) is 12.6. The number of hydrogen-bond acceptors (Lipinski definition) is 2. The summed E-state index contributed by atoms with van der Waals surface area (Å²) in [6, 6.07) is 7.51. The molecule has 1 fully saturated rings. The van der Waals surface area contributed by atoms with Gasteiger partial charge in [0.15, 0.2) is 0 Å². The molecule has 17 heavy (non-hydrogen) atoms. The topological polar surface area (TPSA) is 26.3 Å². The largest absolute Gasteiger partial charge is 0.378 e. The number of carbonyl (C=O) groups excluding carboxylic acids is 1. The van der Waals surface area contributed by atoms with Crippen molar-refractivity contribution in [2.45, 2.75) is 38.2 Å². The van der Waals surface area contributed by atoms with Gasteiger partial charge in [-0.1, -0.05) is 29.8 Å². The number of carbonyl (C=O) groups is 1. The molecule has 92 valence electrons. The third-order valence-electron chi connectivity index (χ3n) is 3.07. The third kappa shape index (κ3) is 3.83. The molecule has 0 N–H and O–H groups in total. The second-order valence-electron chi connectivity index (χ2n) is 4.50. The second kappa shape index (κ2) is 6.18. The van der Waals surface area contributed by atoms with Gasteiger partial charge in [-0.2, -0.15) is 0 Å². The summed E-state index contributed by atoms with van der Waals surface area (Å²) < 4.78 is 5.56. The molecule has 0 bridgehead atoms. The fourth-order valence-electron chi connectivity index (χ4n) is 2.15. The Morgan fingerprint density at radius 1 is 1.35 bits per heavy atom. The van der Waals surface area contributed by atoms with Crippen LogP contribution in [0.3, 0.4) is 0 Å². The average molecular weight is 253 g/mol. The Labute approximate surface area is 107 Å². The molecule has 0 aromatic heterocycles. The highest BCUT2D eigenvalue weighted by Gasteiger charge is 2.18. The predicted octanol–water partition coefficient (Wildman–Crippen LogP) is 3.41. The van der Waals surface area contributed by atoms with Gasteiger partial charge in [0.2, 0.25) is 0 Å². The average Bonchev–Trinajstić information content (AvgIpc) is 2.33. The van der Waals surface area contributed by atoms with Crippen molar-refractivity contribution in [1.82, 2.24) is 0 Å². The lowest BCUT2D eigenvalue weighted by Gasteiger charge is -2.21. The van der Waals surface area contributed by atoms with Gasteiger partial charge in [-0.15, -0.1) is 0 Å². The molecule has 1 unspecified atom stereocenters. The monoisotopic (exact) mass is 252 g/mol. The summed E-state index contributed by atoms with van der Waals surface area (Å²) in [6.07, 6.45) is 4.36. The highest BCUT2D eigenvalue weighted by atomic mass is 35.5. The van der Waals surface area contributed by atoms with E-state index in [1.54, 1.807) is 0 Å². The van der Waals surface area contributed by atoms with Gasteiger partial charge in [0.1, 0.15) is 5.78 Å². The molecular weight excluding hydrogens is 236 g/mol. The molecule has 1 aromatic carbocycles. The van der Waals surface area contributed by atoms with E-state index < -0.39 is 0 Å². The van der Waals surface area contributed by atoms with Gasteiger partial charge in [0.05, 0.1) is 6.10 Å². The third-order valence-corrected chi connectivity index (χ3v) is 3.44. The van der Waals surface area contributed by atoms with Crippen LogP contribution in [0.2, 0.25) is 5.02 Å². The van der Waals surface area contributed by atoms with Crippen molar-refractivity contribution in [3.05, 3.63) is 34.9 Å². The van der Waals surface area contributed by atoms with E-state index in [2.05, 4.69) is 0 Å². The lowest BCUT2D eigenvalue weighted by Crippen LogP contribution is -2.23. The van der Waals surface area contributed by atoms with Crippen LogP contribution in [0.4, 0.5) is 0 Å². The van der Waals surface area contributed by atoms with Crippen molar-refractivity contribution in [2.24, 2.45) is 0 Å². The van der Waals surface area contributed by atoms with Crippen molar-refractivity contribution in [2.75, 3.05) is 6.61 Å². The molecular formula is C14H17ClO2. The number of ether oxygens (including phenoxy) is 1. The van der Waals surface area contributed by atoms with Crippen molar-refractivity contribution < 1.29 is 9.53 Å². The summed E-state index contributed by atoms with van der Waals surface area (Å²) in [6.45, 7) is 0.796. The van der Waals surface area contributed by atoms with Gasteiger partial charge in [-0.3, -0.25) is 4.79 Å². The van der Waals surface area contributed by atoms with E-state index in [0.29, 0.717) is 17.9 Å².